The predicted octanol–water partition coefficient (Wildman–Crippen LogP) is 1.78. The average Bonchev–Trinajstić information content (AvgIpc) is 2.85. The summed E-state index contributed by atoms with van der Waals surface area (Å²) in [6.07, 6.45) is 3.51. The Morgan fingerprint density at radius 2 is 2.14 bits per heavy atom. The van der Waals surface area contributed by atoms with Gasteiger partial charge in [0.1, 0.15) is 0 Å². The van der Waals surface area contributed by atoms with Gasteiger partial charge in [0.05, 0.1) is 23.4 Å². The molecular formula is C16H27N3O3. The third-order valence-corrected chi connectivity index (χ3v) is 4.06. The summed E-state index contributed by atoms with van der Waals surface area (Å²) in [5.41, 5.74) is 0.611. The molecule has 1 N–H and O–H groups in total. The van der Waals surface area contributed by atoms with Gasteiger partial charge in [0, 0.05) is 32.0 Å². The highest BCUT2D eigenvalue weighted by molar-refractivity contribution is 5.95. The van der Waals surface area contributed by atoms with E-state index < -0.39 is 5.60 Å². The molecule has 1 aliphatic heterocycles. The van der Waals surface area contributed by atoms with Crippen LogP contribution in [0.4, 0.5) is 0 Å². The van der Waals surface area contributed by atoms with E-state index in [1.54, 1.807) is 24.9 Å². The molecule has 1 aliphatic rings. The fourth-order valence-electron chi connectivity index (χ4n) is 2.90. The van der Waals surface area contributed by atoms with E-state index in [9.17, 15) is 9.90 Å². The molecule has 1 fully saturated rings. The van der Waals surface area contributed by atoms with Crippen LogP contribution in [-0.4, -0.2) is 57.6 Å². The lowest BCUT2D eigenvalue weighted by molar-refractivity contribution is 0.0314. The van der Waals surface area contributed by atoms with Crippen LogP contribution in [-0.2, 0) is 4.74 Å². The highest BCUT2D eigenvalue weighted by atomic mass is 16.5. The van der Waals surface area contributed by atoms with Gasteiger partial charge in [0.2, 0.25) is 0 Å². The Bertz CT molecular complexity index is 513. The zero-order valence-electron chi connectivity index (χ0n) is 14.0. The van der Waals surface area contributed by atoms with Gasteiger partial charge in [-0.2, -0.15) is 5.10 Å². The minimum Gasteiger partial charge on any atom is -0.389 e. The first-order valence-corrected chi connectivity index (χ1v) is 7.97. The molecule has 2 heterocycles. The molecule has 0 aromatic carbocycles. The first kappa shape index (κ1) is 17.0. The molecular weight excluding hydrogens is 282 g/mol. The average molecular weight is 309 g/mol. The van der Waals surface area contributed by atoms with E-state index in [0.29, 0.717) is 24.7 Å². The minimum atomic E-state index is -0.906. The molecule has 0 atom stereocenters. The van der Waals surface area contributed by atoms with Gasteiger partial charge in [-0.3, -0.25) is 9.48 Å². The predicted molar refractivity (Wildman–Crippen MR) is 83.9 cm³/mol. The summed E-state index contributed by atoms with van der Waals surface area (Å²) in [6, 6.07) is 0.305. The first-order chi connectivity index (χ1) is 10.3. The van der Waals surface area contributed by atoms with Gasteiger partial charge >= 0.3 is 0 Å². The van der Waals surface area contributed by atoms with Crippen molar-refractivity contribution in [3.05, 3.63) is 17.5 Å². The second-order valence-electron chi connectivity index (χ2n) is 6.56. The minimum absolute atomic E-state index is 0.0690. The summed E-state index contributed by atoms with van der Waals surface area (Å²) in [5, 5.41) is 14.4. The Morgan fingerprint density at radius 3 is 2.68 bits per heavy atom. The van der Waals surface area contributed by atoms with Crippen LogP contribution >= 0.6 is 0 Å². The summed E-state index contributed by atoms with van der Waals surface area (Å²) < 4.78 is 7.33. The van der Waals surface area contributed by atoms with Crippen LogP contribution in [0.1, 0.15) is 55.7 Å². The molecule has 1 aromatic heterocycles. The molecule has 0 bridgehead atoms. The van der Waals surface area contributed by atoms with Gasteiger partial charge in [-0.25, -0.2) is 0 Å². The Hall–Kier alpha value is -1.40. The molecule has 1 amide bonds. The fourth-order valence-corrected chi connectivity index (χ4v) is 2.90. The largest absolute Gasteiger partial charge is 0.389 e. The van der Waals surface area contributed by atoms with Crippen molar-refractivity contribution in [1.29, 1.82) is 0 Å². The summed E-state index contributed by atoms with van der Waals surface area (Å²) >= 11 is 0. The van der Waals surface area contributed by atoms with Crippen LogP contribution in [0.15, 0.2) is 6.20 Å². The Balaban J connectivity index is 2.17. The standard InChI is InChI=1S/C16H27N3O3/c1-5-18(11-16(3,4)21)15(20)14-10-17-19(12(14)2)13-6-8-22-9-7-13/h10,13,21H,5-9,11H2,1-4H3. The van der Waals surface area contributed by atoms with Crippen LogP contribution < -0.4 is 0 Å². The maximum absolute atomic E-state index is 12.7. The van der Waals surface area contributed by atoms with Crippen molar-refractivity contribution in [3.8, 4) is 0 Å². The number of nitrogens with zero attached hydrogens (tertiary/aromatic N) is 3. The number of hydrogen-bond acceptors (Lipinski definition) is 4. The number of carbonyl (C=O) groups is 1. The van der Waals surface area contributed by atoms with Crippen LogP contribution in [0.3, 0.4) is 0 Å². The molecule has 2 rings (SSSR count). The Morgan fingerprint density at radius 1 is 1.50 bits per heavy atom. The third-order valence-electron chi connectivity index (χ3n) is 4.06. The lowest BCUT2D eigenvalue weighted by Gasteiger charge is -2.28. The molecule has 0 saturated carbocycles. The van der Waals surface area contributed by atoms with E-state index >= 15 is 0 Å². The zero-order chi connectivity index (χ0) is 16.3. The van der Waals surface area contributed by atoms with Crippen LogP contribution in [0.2, 0.25) is 0 Å². The normalized spacial score (nSPS) is 16.8. The molecule has 0 unspecified atom stereocenters. The van der Waals surface area contributed by atoms with Crippen molar-refractivity contribution in [2.45, 2.75) is 52.2 Å². The Labute approximate surface area is 132 Å². The van der Waals surface area contributed by atoms with E-state index in [4.69, 9.17) is 4.74 Å². The van der Waals surface area contributed by atoms with E-state index in [-0.39, 0.29) is 5.91 Å². The smallest absolute Gasteiger partial charge is 0.257 e. The van der Waals surface area contributed by atoms with Crippen molar-refractivity contribution < 1.29 is 14.6 Å². The molecule has 6 nitrogen and oxygen atoms in total. The summed E-state index contributed by atoms with van der Waals surface area (Å²) in [5.74, 6) is -0.0690. The number of carbonyl (C=O) groups excluding carboxylic acids is 1. The number of hydrogen-bond donors (Lipinski definition) is 1. The molecule has 0 radical (unpaired) electrons. The highest BCUT2D eigenvalue weighted by Gasteiger charge is 2.26. The van der Waals surface area contributed by atoms with E-state index in [1.165, 1.54) is 0 Å². The van der Waals surface area contributed by atoms with Gasteiger partial charge in [0.25, 0.3) is 5.91 Å². The van der Waals surface area contributed by atoms with E-state index in [1.807, 2.05) is 18.5 Å². The monoisotopic (exact) mass is 309 g/mol. The number of amides is 1. The van der Waals surface area contributed by atoms with Gasteiger partial charge in [-0.15, -0.1) is 0 Å². The van der Waals surface area contributed by atoms with Crippen LogP contribution in [0.5, 0.6) is 0 Å². The first-order valence-electron chi connectivity index (χ1n) is 7.97. The van der Waals surface area contributed by atoms with Crippen LogP contribution in [0.25, 0.3) is 0 Å². The topological polar surface area (TPSA) is 67.6 Å². The van der Waals surface area contributed by atoms with Crippen molar-refractivity contribution in [2.75, 3.05) is 26.3 Å². The van der Waals surface area contributed by atoms with Gasteiger partial charge in [-0.05, 0) is 40.5 Å². The number of aromatic nitrogens is 2. The highest BCUT2D eigenvalue weighted by Crippen LogP contribution is 2.24. The van der Waals surface area contributed by atoms with Crippen molar-refractivity contribution >= 4 is 5.91 Å². The SMILES string of the molecule is CCN(CC(C)(C)O)C(=O)c1cnn(C2CCOCC2)c1C. The molecule has 0 aliphatic carbocycles. The number of aliphatic hydroxyl groups is 1. The second-order valence-corrected chi connectivity index (χ2v) is 6.56. The van der Waals surface area contributed by atoms with E-state index in [2.05, 4.69) is 5.10 Å². The van der Waals surface area contributed by atoms with E-state index in [0.717, 1.165) is 31.7 Å². The van der Waals surface area contributed by atoms with Gasteiger partial charge in [-0.1, -0.05) is 0 Å². The molecule has 0 spiro atoms. The second kappa shape index (κ2) is 6.79. The number of likely N-dealkylation sites (N-methyl/N-ethyl adjacent to an activating group) is 1. The number of rotatable bonds is 5. The fraction of sp³-hybridized carbons (Fsp3) is 0.750. The summed E-state index contributed by atoms with van der Waals surface area (Å²) in [6.45, 7) is 9.63. The van der Waals surface area contributed by atoms with Gasteiger partial charge in [0.15, 0.2) is 0 Å². The quantitative estimate of drug-likeness (QED) is 0.900. The Kier molecular flexibility index (Phi) is 5.24. The lowest BCUT2D eigenvalue weighted by atomic mass is 10.1. The summed E-state index contributed by atoms with van der Waals surface area (Å²) in [7, 11) is 0. The molecule has 124 valence electrons. The third kappa shape index (κ3) is 3.87. The molecule has 22 heavy (non-hydrogen) atoms. The van der Waals surface area contributed by atoms with Crippen molar-refractivity contribution in [3.63, 3.8) is 0 Å². The maximum atomic E-state index is 12.7. The summed E-state index contributed by atoms with van der Waals surface area (Å²) in [4.78, 5) is 14.4. The molecule has 1 saturated heterocycles. The molecule has 1 aromatic rings. The molecule has 6 heteroatoms. The van der Waals surface area contributed by atoms with Crippen molar-refractivity contribution in [2.24, 2.45) is 0 Å². The lowest BCUT2D eigenvalue weighted by Crippen LogP contribution is -2.42. The zero-order valence-corrected chi connectivity index (χ0v) is 14.0. The van der Waals surface area contributed by atoms with Crippen LogP contribution in [0, 0.1) is 6.92 Å². The van der Waals surface area contributed by atoms with Crippen molar-refractivity contribution in [1.82, 2.24) is 14.7 Å². The van der Waals surface area contributed by atoms with Gasteiger partial charge < -0.3 is 14.7 Å². The number of ether oxygens (including phenoxy) is 1. The maximum Gasteiger partial charge on any atom is 0.257 e.